The summed E-state index contributed by atoms with van der Waals surface area (Å²) >= 11 is 0. The van der Waals surface area contributed by atoms with Crippen LogP contribution in [0.5, 0.6) is 5.75 Å². The molecule has 0 aliphatic heterocycles. The largest absolute Gasteiger partial charge is 0.496 e. The molecule has 1 aromatic carbocycles. The highest BCUT2D eigenvalue weighted by Crippen LogP contribution is 2.27. The topological polar surface area (TPSA) is 74.1 Å². The summed E-state index contributed by atoms with van der Waals surface area (Å²) in [5.74, 6) is 0.0875. The molecule has 6 nitrogen and oxygen atoms in total. The van der Waals surface area contributed by atoms with E-state index in [2.05, 4.69) is 9.97 Å². The normalized spacial score (nSPS) is 11.5. The predicted molar refractivity (Wildman–Crippen MR) is 116 cm³/mol. The summed E-state index contributed by atoms with van der Waals surface area (Å²) in [4.78, 5) is 34.2. The highest BCUT2D eigenvalue weighted by molar-refractivity contribution is 6.10. The van der Waals surface area contributed by atoms with E-state index in [1.54, 1.807) is 31.2 Å². The van der Waals surface area contributed by atoms with Gasteiger partial charge in [0.15, 0.2) is 5.78 Å². The van der Waals surface area contributed by atoms with Crippen LogP contribution in [0.3, 0.4) is 0 Å². The molecule has 0 aliphatic carbocycles. The quantitative estimate of drug-likeness (QED) is 0.419. The molecule has 9 heteroatoms. The van der Waals surface area contributed by atoms with Gasteiger partial charge in [0.2, 0.25) is 5.43 Å². The number of pyridine rings is 3. The van der Waals surface area contributed by atoms with Crippen molar-refractivity contribution in [3.63, 3.8) is 0 Å². The Hall–Kier alpha value is -4.01. The Morgan fingerprint density at radius 2 is 1.91 bits per heavy atom. The highest BCUT2D eigenvalue weighted by Gasteiger charge is 2.32. The van der Waals surface area contributed by atoms with E-state index in [0.29, 0.717) is 5.75 Å². The summed E-state index contributed by atoms with van der Waals surface area (Å²) < 4.78 is 45.9. The van der Waals surface area contributed by atoms with Crippen molar-refractivity contribution in [1.82, 2.24) is 14.5 Å². The summed E-state index contributed by atoms with van der Waals surface area (Å²) in [6.45, 7) is 1.66. The minimum absolute atomic E-state index is 0.110. The third kappa shape index (κ3) is 4.34. The number of rotatable bonds is 5. The van der Waals surface area contributed by atoms with Crippen LogP contribution < -0.4 is 10.2 Å². The lowest BCUT2D eigenvalue weighted by Crippen LogP contribution is -2.21. The van der Waals surface area contributed by atoms with Crippen molar-refractivity contribution in [2.75, 3.05) is 7.11 Å². The van der Waals surface area contributed by atoms with E-state index < -0.39 is 23.1 Å². The maximum absolute atomic E-state index is 13.2. The lowest BCUT2D eigenvalue weighted by atomic mass is 10.0. The molecule has 0 unspecified atom stereocenters. The van der Waals surface area contributed by atoms with Crippen LogP contribution in [0.4, 0.5) is 13.2 Å². The molecule has 0 N–H and O–H groups in total. The number of fused-ring (bicyclic) bond motifs is 1. The van der Waals surface area contributed by atoms with Gasteiger partial charge in [0.05, 0.1) is 30.3 Å². The van der Waals surface area contributed by atoms with Gasteiger partial charge >= 0.3 is 6.18 Å². The number of nitrogens with zero attached hydrogens (tertiary/aromatic N) is 3. The molecule has 0 atom stereocenters. The molecule has 0 saturated heterocycles. The van der Waals surface area contributed by atoms with Gasteiger partial charge in [-0.3, -0.25) is 9.59 Å². The number of carbonyl (C=O) groups is 1. The molecule has 33 heavy (non-hydrogen) atoms. The number of ketones is 1. The van der Waals surface area contributed by atoms with E-state index in [1.807, 2.05) is 0 Å². The van der Waals surface area contributed by atoms with Crippen LogP contribution in [0.2, 0.25) is 0 Å². The molecule has 3 heterocycles. The second-order valence-corrected chi connectivity index (χ2v) is 7.40. The van der Waals surface area contributed by atoms with Gasteiger partial charge in [-0.2, -0.15) is 13.2 Å². The van der Waals surface area contributed by atoms with E-state index in [0.717, 1.165) is 11.6 Å². The number of hydrogen-bond donors (Lipinski definition) is 0. The lowest BCUT2D eigenvalue weighted by molar-refractivity contribution is -0.141. The van der Waals surface area contributed by atoms with E-state index >= 15 is 0 Å². The van der Waals surface area contributed by atoms with Gasteiger partial charge in [0, 0.05) is 18.0 Å². The first-order chi connectivity index (χ1) is 15.7. The fourth-order valence-corrected chi connectivity index (χ4v) is 3.58. The zero-order chi connectivity index (χ0) is 23.8. The monoisotopic (exact) mass is 453 g/mol. The smallest absolute Gasteiger partial charge is 0.433 e. The number of benzene rings is 1. The van der Waals surface area contributed by atoms with Gasteiger partial charge in [-0.05, 0) is 55.0 Å². The number of ether oxygens (including phenoxy) is 1. The minimum atomic E-state index is -4.59. The van der Waals surface area contributed by atoms with Crippen LogP contribution in [0.15, 0.2) is 65.7 Å². The van der Waals surface area contributed by atoms with Gasteiger partial charge in [0.25, 0.3) is 0 Å². The summed E-state index contributed by atoms with van der Waals surface area (Å²) in [6, 6.07) is 11.5. The van der Waals surface area contributed by atoms with Crippen LogP contribution in [0, 0.1) is 6.92 Å². The third-order valence-corrected chi connectivity index (χ3v) is 5.16. The van der Waals surface area contributed by atoms with Crippen molar-refractivity contribution >= 4 is 16.8 Å². The fraction of sp³-hybridized carbons (Fsp3) is 0.167. The lowest BCUT2D eigenvalue weighted by Gasteiger charge is -2.14. The van der Waals surface area contributed by atoms with Crippen molar-refractivity contribution in [2.45, 2.75) is 19.6 Å². The average molecular weight is 453 g/mol. The number of aromatic nitrogens is 3. The molecular formula is C24H18F3N3O3. The Morgan fingerprint density at radius 1 is 1.12 bits per heavy atom. The standard InChI is InChI=1S/C24H18F3N3O3/c1-14-11-15(8-9-19(14)33-2)21(31)18-13-30(23-17(22(18)32)6-4-10-28-23)12-16-5-3-7-20(29-16)24(25,26)27/h3-11,13H,12H2,1-2H3. The van der Waals surface area contributed by atoms with E-state index in [-0.39, 0.29) is 34.4 Å². The zero-order valence-electron chi connectivity index (χ0n) is 17.7. The fourth-order valence-electron chi connectivity index (χ4n) is 3.58. The molecule has 4 aromatic rings. The first-order valence-corrected chi connectivity index (χ1v) is 9.89. The summed E-state index contributed by atoms with van der Waals surface area (Å²) in [5, 5.41) is 0.181. The maximum Gasteiger partial charge on any atom is 0.433 e. The van der Waals surface area contributed by atoms with Gasteiger partial charge in [0.1, 0.15) is 17.1 Å². The number of methoxy groups -OCH3 is 1. The second kappa shape index (κ2) is 8.50. The Balaban J connectivity index is 1.83. The second-order valence-electron chi connectivity index (χ2n) is 7.40. The number of alkyl halides is 3. The van der Waals surface area contributed by atoms with Crippen LogP contribution in [0.25, 0.3) is 11.0 Å². The van der Waals surface area contributed by atoms with Crippen molar-refractivity contribution < 1.29 is 22.7 Å². The first-order valence-electron chi connectivity index (χ1n) is 9.89. The Kier molecular flexibility index (Phi) is 5.71. The number of halogens is 3. The first kappa shape index (κ1) is 22.2. The molecule has 0 aliphatic rings. The zero-order valence-corrected chi connectivity index (χ0v) is 17.7. The number of carbonyl (C=O) groups excluding carboxylic acids is 1. The van der Waals surface area contributed by atoms with Gasteiger partial charge in [-0.25, -0.2) is 9.97 Å². The third-order valence-electron chi connectivity index (χ3n) is 5.16. The molecule has 0 radical (unpaired) electrons. The average Bonchev–Trinajstić information content (AvgIpc) is 2.80. The summed E-state index contributed by atoms with van der Waals surface area (Å²) in [7, 11) is 1.51. The molecule has 0 spiro atoms. The minimum Gasteiger partial charge on any atom is -0.496 e. The van der Waals surface area contributed by atoms with Gasteiger partial charge in [-0.15, -0.1) is 0 Å². The summed E-state index contributed by atoms with van der Waals surface area (Å²) in [6.07, 6.45) is -1.80. The molecule has 4 rings (SSSR count). The van der Waals surface area contributed by atoms with Crippen molar-refractivity contribution in [2.24, 2.45) is 0 Å². The van der Waals surface area contributed by atoms with Crippen LogP contribution >= 0.6 is 0 Å². The molecule has 168 valence electrons. The molecular weight excluding hydrogens is 435 g/mol. The highest BCUT2D eigenvalue weighted by atomic mass is 19.4. The maximum atomic E-state index is 13.2. The van der Waals surface area contributed by atoms with E-state index in [4.69, 9.17) is 4.74 Å². The number of aryl methyl sites for hydroxylation is 1. The van der Waals surface area contributed by atoms with E-state index in [9.17, 15) is 22.8 Å². The number of hydrogen-bond acceptors (Lipinski definition) is 5. The van der Waals surface area contributed by atoms with Gasteiger partial charge < -0.3 is 9.30 Å². The predicted octanol–water partition coefficient (Wildman–Crippen LogP) is 4.41. The van der Waals surface area contributed by atoms with Crippen molar-refractivity contribution in [1.29, 1.82) is 0 Å². The molecule has 0 amide bonds. The van der Waals surface area contributed by atoms with Crippen molar-refractivity contribution in [3.05, 3.63) is 99.2 Å². The van der Waals surface area contributed by atoms with Crippen molar-refractivity contribution in [3.8, 4) is 5.75 Å². The molecule has 3 aromatic heterocycles. The SMILES string of the molecule is COc1ccc(C(=O)c2cn(Cc3cccc(C(F)(F)F)n3)c3ncccc3c2=O)cc1C. The van der Waals surface area contributed by atoms with Crippen LogP contribution in [0.1, 0.15) is 32.9 Å². The molecule has 0 fully saturated rings. The summed E-state index contributed by atoms with van der Waals surface area (Å²) in [5.41, 5.74) is -0.292. The van der Waals surface area contributed by atoms with Crippen LogP contribution in [-0.2, 0) is 12.7 Å². The van der Waals surface area contributed by atoms with Crippen LogP contribution in [-0.4, -0.2) is 27.4 Å². The Labute approximate surface area is 186 Å². The molecule has 0 bridgehead atoms. The Morgan fingerprint density at radius 3 is 2.61 bits per heavy atom. The van der Waals surface area contributed by atoms with Gasteiger partial charge in [-0.1, -0.05) is 6.07 Å². The van der Waals surface area contributed by atoms with E-state index in [1.165, 1.54) is 42.3 Å². The Bertz CT molecular complexity index is 1430. The molecule has 0 saturated carbocycles.